The first-order valence-electron chi connectivity index (χ1n) is 26.7. The summed E-state index contributed by atoms with van der Waals surface area (Å²) in [5, 5.41) is 21.5. The highest BCUT2D eigenvalue weighted by molar-refractivity contribution is 6.00. The maximum Gasteiger partial charge on any atom is 0.0991 e. The van der Waals surface area contributed by atoms with E-state index in [1.54, 1.807) is 0 Å². The summed E-state index contributed by atoms with van der Waals surface area (Å²) in [5.41, 5.74) is 23.6. The molecule has 2 aliphatic carbocycles. The van der Waals surface area contributed by atoms with Crippen LogP contribution >= 0.6 is 0 Å². The molecule has 0 saturated carbocycles. The highest BCUT2D eigenvalue weighted by Crippen LogP contribution is 2.64. The third-order valence-electron chi connectivity index (χ3n) is 15.9. The van der Waals surface area contributed by atoms with Crippen LogP contribution in [0.5, 0.6) is 0 Å². The molecule has 0 saturated heterocycles. The topological polar surface area (TPSA) is 54.1 Å². The van der Waals surface area contributed by atoms with Crippen molar-refractivity contribution in [3.63, 3.8) is 0 Å². The van der Waals surface area contributed by atoms with Gasteiger partial charge in [-0.1, -0.05) is 194 Å². The van der Waals surface area contributed by atoms with Crippen molar-refractivity contribution in [1.82, 2.24) is 0 Å². The molecule has 1 spiro atoms. The summed E-state index contributed by atoms with van der Waals surface area (Å²) in [7, 11) is 0. The van der Waals surface area contributed by atoms with E-state index in [1.807, 2.05) is 12.1 Å². The third kappa shape index (κ3) is 7.82. The smallest absolute Gasteiger partial charge is 0.0991 e. The molecule has 0 amide bonds. The molecule has 0 N–H and O–H groups in total. The minimum Gasteiger partial charge on any atom is -0.310 e. The molecule has 0 unspecified atom stereocenters. The van der Waals surface area contributed by atoms with Crippen molar-refractivity contribution < 1.29 is 0 Å². The lowest BCUT2D eigenvalue weighted by molar-refractivity contribution is 0.792. The number of fused-ring (bicyclic) bond motifs is 10. The van der Waals surface area contributed by atoms with Crippen LogP contribution < -0.4 is 9.80 Å². The summed E-state index contributed by atoms with van der Waals surface area (Å²) >= 11 is 0. The fraction of sp³-hybridized carbons (Fsp3) is 0.0133. The third-order valence-corrected chi connectivity index (χ3v) is 15.9. The molecular weight excluding hydrogens is 957 g/mol. The van der Waals surface area contributed by atoms with Gasteiger partial charge in [0.1, 0.15) is 0 Å². The molecule has 12 aromatic carbocycles. The average Bonchev–Trinajstić information content (AvgIpc) is 4.08. The summed E-state index contributed by atoms with van der Waals surface area (Å²) in [6.07, 6.45) is 0. The van der Waals surface area contributed by atoms with E-state index < -0.39 is 5.41 Å². The second kappa shape index (κ2) is 19.4. The Bertz CT molecular complexity index is 4090. The van der Waals surface area contributed by atoms with Gasteiger partial charge in [-0.2, -0.15) is 10.5 Å². The Morgan fingerprint density at radius 3 is 0.911 bits per heavy atom. The summed E-state index contributed by atoms with van der Waals surface area (Å²) in [4.78, 5) is 4.77. The van der Waals surface area contributed by atoms with Crippen LogP contribution in [0.4, 0.5) is 34.1 Å². The van der Waals surface area contributed by atoms with Gasteiger partial charge in [0.2, 0.25) is 0 Å². The maximum atomic E-state index is 10.7. The molecule has 368 valence electrons. The predicted octanol–water partition coefficient (Wildman–Crippen LogP) is 19.4. The Kier molecular flexibility index (Phi) is 11.5. The number of nitriles is 2. The van der Waals surface area contributed by atoms with Gasteiger partial charge < -0.3 is 9.80 Å². The number of benzene rings is 12. The largest absolute Gasteiger partial charge is 0.310 e. The number of nitrogens with zero attached hydrogens (tertiary/aromatic N) is 4. The number of rotatable bonds is 10. The van der Waals surface area contributed by atoms with E-state index >= 15 is 0 Å². The zero-order valence-electron chi connectivity index (χ0n) is 43.0. The SMILES string of the molecule is N#Cc1ccc2c(c1)C1(c3cc(C#N)ccc3-2)c2cc(N(c3ccccc3)c3ccc(-c4ccccc4)cc3-c3ccccc3)ccc2-c2ccc(N(c3ccccc3)c3ccc(-c4ccccc4)cc3-c3ccccc3)cc21. The van der Waals surface area contributed by atoms with E-state index in [-0.39, 0.29) is 0 Å². The Morgan fingerprint density at radius 2 is 0.557 bits per heavy atom. The lowest BCUT2D eigenvalue weighted by Crippen LogP contribution is -2.27. The first kappa shape index (κ1) is 46.7. The lowest BCUT2D eigenvalue weighted by atomic mass is 9.70. The van der Waals surface area contributed by atoms with E-state index in [2.05, 4.69) is 301 Å². The van der Waals surface area contributed by atoms with Crippen molar-refractivity contribution in [3.05, 3.63) is 325 Å². The van der Waals surface area contributed by atoms with Crippen LogP contribution in [0.3, 0.4) is 0 Å². The van der Waals surface area contributed by atoms with E-state index in [1.165, 1.54) is 0 Å². The zero-order chi connectivity index (χ0) is 52.9. The van der Waals surface area contributed by atoms with Gasteiger partial charge in [-0.15, -0.1) is 0 Å². The molecule has 0 atom stereocenters. The molecule has 79 heavy (non-hydrogen) atoms. The van der Waals surface area contributed by atoms with Crippen molar-refractivity contribution in [2.75, 3.05) is 9.80 Å². The van der Waals surface area contributed by atoms with E-state index in [0.717, 1.165) is 123 Å². The lowest BCUT2D eigenvalue weighted by Gasteiger charge is -2.34. The van der Waals surface area contributed by atoms with Crippen LogP contribution in [0.15, 0.2) is 291 Å². The minimum atomic E-state index is -0.954. The van der Waals surface area contributed by atoms with Gasteiger partial charge >= 0.3 is 0 Å². The standard InChI is InChI=1S/C75H48N4/c76-49-51-31-37-63-64-38-32-52(50-77)44-70(64)75(69(63)43-51)71-47-61(78(59-27-15-5-16-28-59)73-41-33-57(53-19-7-1-8-20-53)45-67(73)55-23-11-3-12-24-55)35-39-65(71)66-40-36-62(48-72(66)75)79(60-29-17-6-18-30-60)74-42-34-58(54-21-9-2-10-22-54)46-68(74)56-25-13-4-14-26-56/h1-48H. The van der Waals surface area contributed by atoms with Crippen molar-refractivity contribution in [2.24, 2.45) is 0 Å². The normalized spacial score (nSPS) is 12.1. The van der Waals surface area contributed by atoms with Gasteiger partial charge in [0, 0.05) is 33.9 Å². The van der Waals surface area contributed by atoms with Crippen LogP contribution in [0.2, 0.25) is 0 Å². The van der Waals surface area contributed by atoms with Crippen LogP contribution in [0.25, 0.3) is 66.8 Å². The Hall–Kier alpha value is -10.8. The summed E-state index contributed by atoms with van der Waals surface area (Å²) < 4.78 is 0. The molecule has 0 aromatic heterocycles. The molecule has 0 radical (unpaired) electrons. The summed E-state index contributed by atoms with van der Waals surface area (Å²) in [6.45, 7) is 0. The summed E-state index contributed by atoms with van der Waals surface area (Å²) in [6, 6.07) is 108. The molecule has 4 heteroatoms. The molecule has 0 aliphatic heterocycles. The van der Waals surface area contributed by atoms with E-state index in [4.69, 9.17) is 0 Å². The van der Waals surface area contributed by atoms with Gasteiger partial charge in [0.05, 0.1) is 40.1 Å². The minimum absolute atomic E-state index is 0.572. The maximum absolute atomic E-state index is 10.7. The van der Waals surface area contributed by atoms with E-state index in [9.17, 15) is 10.5 Å². The Morgan fingerprint density at radius 1 is 0.241 bits per heavy atom. The first-order chi connectivity index (χ1) is 39.1. The number of hydrogen-bond donors (Lipinski definition) is 0. The second-order valence-corrected chi connectivity index (χ2v) is 20.2. The van der Waals surface area contributed by atoms with Crippen molar-refractivity contribution in [2.45, 2.75) is 5.41 Å². The Balaban J connectivity index is 1.04. The molecule has 4 nitrogen and oxygen atoms in total. The number of para-hydroxylation sites is 2. The fourth-order valence-electron chi connectivity index (χ4n) is 12.4. The quantitative estimate of drug-likeness (QED) is 0.137. The van der Waals surface area contributed by atoms with E-state index in [0.29, 0.717) is 11.1 Å². The molecular formula is C75H48N4. The predicted molar refractivity (Wildman–Crippen MR) is 323 cm³/mol. The molecule has 0 heterocycles. The van der Waals surface area contributed by atoms with Gasteiger partial charge in [-0.25, -0.2) is 0 Å². The molecule has 0 bridgehead atoms. The second-order valence-electron chi connectivity index (χ2n) is 20.2. The van der Waals surface area contributed by atoms with Crippen molar-refractivity contribution in [3.8, 4) is 78.9 Å². The zero-order valence-corrected chi connectivity index (χ0v) is 43.0. The molecule has 2 aliphatic rings. The van der Waals surface area contributed by atoms with Crippen LogP contribution in [0, 0.1) is 22.7 Å². The molecule has 14 rings (SSSR count). The number of hydrogen-bond acceptors (Lipinski definition) is 4. The van der Waals surface area contributed by atoms with Gasteiger partial charge in [-0.3, -0.25) is 0 Å². The van der Waals surface area contributed by atoms with Gasteiger partial charge in [0.15, 0.2) is 0 Å². The monoisotopic (exact) mass is 1000 g/mol. The molecule has 0 fully saturated rings. The highest BCUT2D eigenvalue weighted by Gasteiger charge is 2.52. The van der Waals surface area contributed by atoms with Crippen LogP contribution in [0.1, 0.15) is 33.4 Å². The van der Waals surface area contributed by atoms with Gasteiger partial charge in [0.25, 0.3) is 0 Å². The highest BCUT2D eigenvalue weighted by atomic mass is 15.2. The van der Waals surface area contributed by atoms with Gasteiger partial charge in [-0.05, 0) is 175 Å². The summed E-state index contributed by atoms with van der Waals surface area (Å²) in [5.74, 6) is 0. The average molecular weight is 1010 g/mol. The Labute approximate surface area is 460 Å². The number of anilines is 6. The van der Waals surface area contributed by atoms with Crippen molar-refractivity contribution in [1.29, 1.82) is 10.5 Å². The van der Waals surface area contributed by atoms with Crippen molar-refractivity contribution >= 4 is 34.1 Å². The molecule has 12 aromatic rings. The van der Waals surface area contributed by atoms with Crippen LogP contribution in [-0.2, 0) is 5.41 Å². The first-order valence-corrected chi connectivity index (χ1v) is 26.7. The van der Waals surface area contributed by atoms with Crippen LogP contribution in [-0.4, -0.2) is 0 Å². The fourth-order valence-corrected chi connectivity index (χ4v) is 12.4.